The molecule has 0 radical (unpaired) electrons. The third-order valence-electron chi connectivity index (χ3n) is 2.05. The first-order valence-corrected chi connectivity index (χ1v) is 4.92. The Morgan fingerprint density at radius 1 is 1.67 bits per heavy atom. The number of carboxylic acid groups (broad SMARTS) is 1. The van der Waals surface area contributed by atoms with Crippen LogP contribution in [0.25, 0.3) is 0 Å². The van der Waals surface area contributed by atoms with Crippen LogP contribution < -0.4 is 0 Å². The molecule has 82 valence electrons. The summed E-state index contributed by atoms with van der Waals surface area (Å²) in [7, 11) is 0. The van der Waals surface area contributed by atoms with Crippen LogP contribution in [-0.2, 0) is 11.3 Å². The number of carbonyl (C=O) groups is 1. The minimum Gasteiger partial charge on any atom is -0.478 e. The van der Waals surface area contributed by atoms with Gasteiger partial charge in [-0.3, -0.25) is 0 Å². The molecule has 0 atom stereocenters. The molecule has 1 rings (SSSR count). The van der Waals surface area contributed by atoms with Crippen LogP contribution >= 0.6 is 0 Å². The number of nitrogens with zero attached hydrogens (tertiary/aromatic N) is 2. The maximum atomic E-state index is 10.5. The first kappa shape index (κ1) is 11.5. The Hall–Kier alpha value is -1.58. The van der Waals surface area contributed by atoms with Crippen molar-refractivity contribution in [3.63, 3.8) is 0 Å². The Balaban J connectivity index is 2.81. The summed E-state index contributed by atoms with van der Waals surface area (Å²) in [5.74, 6) is 0.421. The molecule has 0 spiro atoms. The lowest BCUT2D eigenvalue weighted by Gasteiger charge is -2.09. The van der Waals surface area contributed by atoms with E-state index in [0.29, 0.717) is 12.5 Å². The monoisotopic (exact) mass is 208 g/mol. The molecule has 0 aliphatic carbocycles. The van der Waals surface area contributed by atoms with Crippen molar-refractivity contribution < 1.29 is 9.90 Å². The van der Waals surface area contributed by atoms with Gasteiger partial charge in [0.05, 0.1) is 0 Å². The van der Waals surface area contributed by atoms with E-state index in [-0.39, 0.29) is 0 Å². The van der Waals surface area contributed by atoms with Crippen molar-refractivity contribution >= 4 is 5.97 Å². The second kappa shape index (κ2) is 4.77. The SMILES string of the molecule is CC(=CC(=O)O)Cn1ccnc1C(C)C. The number of hydrogen-bond acceptors (Lipinski definition) is 2. The Labute approximate surface area is 89.3 Å². The summed E-state index contributed by atoms with van der Waals surface area (Å²) in [6.45, 7) is 6.52. The molecule has 0 amide bonds. The van der Waals surface area contributed by atoms with Gasteiger partial charge in [-0.1, -0.05) is 13.8 Å². The highest BCUT2D eigenvalue weighted by Crippen LogP contribution is 2.13. The van der Waals surface area contributed by atoms with Gasteiger partial charge in [-0.05, 0) is 12.5 Å². The van der Waals surface area contributed by atoms with Crippen molar-refractivity contribution in [2.24, 2.45) is 0 Å². The van der Waals surface area contributed by atoms with Crippen molar-refractivity contribution in [1.29, 1.82) is 0 Å². The largest absolute Gasteiger partial charge is 0.478 e. The van der Waals surface area contributed by atoms with E-state index in [1.807, 2.05) is 10.8 Å². The van der Waals surface area contributed by atoms with Crippen LogP contribution in [0.5, 0.6) is 0 Å². The first-order valence-electron chi connectivity index (χ1n) is 4.92. The minimum atomic E-state index is -0.904. The van der Waals surface area contributed by atoms with Crippen molar-refractivity contribution in [3.8, 4) is 0 Å². The van der Waals surface area contributed by atoms with Crippen LogP contribution in [0.4, 0.5) is 0 Å². The van der Waals surface area contributed by atoms with Gasteiger partial charge in [0.2, 0.25) is 0 Å². The van der Waals surface area contributed by atoms with Gasteiger partial charge in [-0.25, -0.2) is 9.78 Å². The number of hydrogen-bond donors (Lipinski definition) is 1. The van der Waals surface area contributed by atoms with E-state index in [0.717, 1.165) is 11.4 Å². The number of aromatic nitrogens is 2. The van der Waals surface area contributed by atoms with Gasteiger partial charge in [0.15, 0.2) is 0 Å². The molecule has 1 N–H and O–H groups in total. The zero-order chi connectivity index (χ0) is 11.4. The fraction of sp³-hybridized carbons (Fsp3) is 0.455. The number of rotatable bonds is 4. The van der Waals surface area contributed by atoms with Crippen LogP contribution in [0.15, 0.2) is 24.0 Å². The molecule has 15 heavy (non-hydrogen) atoms. The minimum absolute atomic E-state index is 0.345. The molecule has 1 heterocycles. The van der Waals surface area contributed by atoms with Crippen LogP contribution in [0.2, 0.25) is 0 Å². The van der Waals surface area contributed by atoms with E-state index in [1.165, 1.54) is 6.08 Å². The number of aliphatic carboxylic acids is 1. The van der Waals surface area contributed by atoms with Crippen molar-refractivity contribution in [3.05, 3.63) is 29.9 Å². The van der Waals surface area contributed by atoms with Crippen LogP contribution in [0.3, 0.4) is 0 Å². The van der Waals surface area contributed by atoms with Crippen molar-refractivity contribution in [2.75, 3.05) is 0 Å². The van der Waals surface area contributed by atoms with Crippen LogP contribution in [-0.4, -0.2) is 20.6 Å². The summed E-state index contributed by atoms with van der Waals surface area (Å²) in [5, 5.41) is 8.59. The van der Waals surface area contributed by atoms with Crippen LogP contribution in [0, 0.1) is 0 Å². The van der Waals surface area contributed by atoms with Crippen molar-refractivity contribution in [1.82, 2.24) is 9.55 Å². The van der Waals surface area contributed by atoms with E-state index in [4.69, 9.17) is 5.11 Å². The zero-order valence-electron chi connectivity index (χ0n) is 9.27. The molecule has 0 bridgehead atoms. The summed E-state index contributed by atoms with van der Waals surface area (Å²) >= 11 is 0. The standard InChI is InChI=1S/C11H16N2O2/c1-8(2)11-12-4-5-13(11)7-9(3)6-10(14)15/h4-6,8H,7H2,1-3H3,(H,14,15). The third kappa shape index (κ3) is 3.23. The van der Waals surface area contributed by atoms with E-state index >= 15 is 0 Å². The quantitative estimate of drug-likeness (QED) is 0.770. The van der Waals surface area contributed by atoms with Crippen LogP contribution in [0.1, 0.15) is 32.5 Å². The van der Waals surface area contributed by atoms with Gasteiger partial charge in [-0.2, -0.15) is 0 Å². The smallest absolute Gasteiger partial charge is 0.328 e. The van der Waals surface area contributed by atoms with Gasteiger partial charge in [-0.15, -0.1) is 0 Å². The third-order valence-corrected chi connectivity index (χ3v) is 2.05. The van der Waals surface area contributed by atoms with Crippen molar-refractivity contribution in [2.45, 2.75) is 33.2 Å². The Morgan fingerprint density at radius 2 is 2.33 bits per heavy atom. The number of imidazole rings is 1. The molecule has 0 unspecified atom stereocenters. The molecule has 1 aromatic heterocycles. The lowest BCUT2D eigenvalue weighted by molar-refractivity contribution is -0.131. The van der Waals surface area contributed by atoms with Gasteiger partial charge in [0.25, 0.3) is 0 Å². The second-order valence-electron chi connectivity index (χ2n) is 3.90. The summed E-state index contributed by atoms with van der Waals surface area (Å²) in [6.07, 6.45) is 4.84. The normalized spacial score (nSPS) is 12.1. The molecular formula is C11H16N2O2. The zero-order valence-corrected chi connectivity index (χ0v) is 9.27. The molecule has 4 nitrogen and oxygen atoms in total. The summed E-state index contributed by atoms with van der Waals surface area (Å²) in [5.41, 5.74) is 0.808. The molecule has 1 aromatic rings. The topological polar surface area (TPSA) is 55.1 Å². The van der Waals surface area contributed by atoms with E-state index in [2.05, 4.69) is 18.8 Å². The highest BCUT2D eigenvalue weighted by Gasteiger charge is 2.07. The summed E-state index contributed by atoms with van der Waals surface area (Å²) in [6, 6.07) is 0. The second-order valence-corrected chi connectivity index (χ2v) is 3.90. The predicted molar refractivity (Wildman–Crippen MR) is 57.7 cm³/mol. The summed E-state index contributed by atoms with van der Waals surface area (Å²) in [4.78, 5) is 14.7. The van der Waals surface area contributed by atoms with Gasteiger partial charge in [0.1, 0.15) is 5.82 Å². The highest BCUT2D eigenvalue weighted by atomic mass is 16.4. The van der Waals surface area contributed by atoms with Gasteiger partial charge in [0, 0.05) is 30.9 Å². The Morgan fingerprint density at radius 3 is 2.87 bits per heavy atom. The highest BCUT2D eigenvalue weighted by molar-refractivity contribution is 5.80. The predicted octanol–water partition coefficient (Wildman–Crippen LogP) is 2.04. The van der Waals surface area contributed by atoms with E-state index in [1.54, 1.807) is 13.1 Å². The Bertz CT molecular complexity index is 378. The fourth-order valence-corrected chi connectivity index (χ4v) is 1.48. The molecule has 0 aliphatic rings. The average molecular weight is 208 g/mol. The van der Waals surface area contributed by atoms with Gasteiger partial charge >= 0.3 is 5.97 Å². The lowest BCUT2D eigenvalue weighted by Crippen LogP contribution is -2.06. The summed E-state index contributed by atoms with van der Waals surface area (Å²) < 4.78 is 1.97. The van der Waals surface area contributed by atoms with E-state index in [9.17, 15) is 4.79 Å². The molecule has 0 saturated heterocycles. The fourth-order valence-electron chi connectivity index (χ4n) is 1.48. The Kier molecular flexibility index (Phi) is 3.66. The molecular weight excluding hydrogens is 192 g/mol. The molecule has 0 fully saturated rings. The maximum absolute atomic E-state index is 10.5. The van der Waals surface area contributed by atoms with Gasteiger partial charge < -0.3 is 9.67 Å². The number of allylic oxidation sites excluding steroid dienone is 1. The van der Waals surface area contributed by atoms with E-state index < -0.39 is 5.97 Å². The average Bonchev–Trinajstić information content (AvgIpc) is 2.50. The first-order chi connectivity index (χ1) is 7.00. The maximum Gasteiger partial charge on any atom is 0.328 e. The lowest BCUT2D eigenvalue weighted by atomic mass is 10.2. The number of carboxylic acids is 1. The molecule has 0 aromatic carbocycles. The molecule has 0 saturated carbocycles. The molecule has 4 heteroatoms. The molecule has 0 aliphatic heterocycles.